The Morgan fingerprint density at radius 3 is 2.41 bits per heavy atom. The number of halogens is 4. The van der Waals surface area contributed by atoms with Crippen molar-refractivity contribution in [2.24, 2.45) is 0 Å². The smallest absolute Gasteiger partial charge is 0.419 e. The van der Waals surface area contributed by atoms with Crippen LogP contribution in [-0.2, 0) is 6.18 Å². The van der Waals surface area contributed by atoms with Gasteiger partial charge in [0.1, 0.15) is 17.6 Å². The molecule has 0 radical (unpaired) electrons. The standard InChI is InChI=1S/C26H28F4N8O/c1-4-31-21-11-20-18(14-33-21)23(15-12-34-25(35-13-15)37(2)3)36-38(20)16-5-7-17(8-6-16)39-24-22(27)19(9-10-32-24)26(28,29)30/h9-14,16-17H,4-8H2,1-3H3,(H,31,33). The number of alkyl halides is 3. The van der Waals surface area contributed by atoms with Gasteiger partial charge in [0, 0.05) is 62.4 Å². The zero-order valence-corrected chi connectivity index (χ0v) is 21.7. The predicted molar refractivity (Wildman–Crippen MR) is 138 cm³/mol. The molecule has 1 fully saturated rings. The molecule has 0 saturated heterocycles. The average Bonchev–Trinajstić information content (AvgIpc) is 3.29. The maximum absolute atomic E-state index is 14.4. The topological polar surface area (TPSA) is 93.9 Å². The number of pyridine rings is 2. The van der Waals surface area contributed by atoms with Crippen LogP contribution >= 0.6 is 0 Å². The van der Waals surface area contributed by atoms with Crippen molar-refractivity contribution in [2.75, 3.05) is 30.9 Å². The van der Waals surface area contributed by atoms with Crippen molar-refractivity contribution >= 4 is 22.7 Å². The van der Waals surface area contributed by atoms with E-state index in [4.69, 9.17) is 9.84 Å². The molecule has 1 N–H and O–H groups in total. The second-order valence-corrected chi connectivity index (χ2v) is 9.60. The molecule has 5 rings (SSSR count). The van der Waals surface area contributed by atoms with E-state index in [1.54, 1.807) is 18.6 Å². The third kappa shape index (κ3) is 5.43. The minimum absolute atomic E-state index is 0.000686. The van der Waals surface area contributed by atoms with E-state index in [0.29, 0.717) is 49.9 Å². The van der Waals surface area contributed by atoms with Crippen LogP contribution in [0.25, 0.3) is 22.2 Å². The highest BCUT2D eigenvalue weighted by Gasteiger charge is 2.36. The molecule has 9 nitrogen and oxygen atoms in total. The van der Waals surface area contributed by atoms with Crippen LogP contribution in [-0.4, -0.2) is 56.5 Å². The Balaban J connectivity index is 1.40. The third-order valence-electron chi connectivity index (χ3n) is 6.69. The van der Waals surface area contributed by atoms with Gasteiger partial charge in [-0.3, -0.25) is 4.68 Å². The lowest BCUT2D eigenvalue weighted by Gasteiger charge is -2.29. The Morgan fingerprint density at radius 2 is 1.77 bits per heavy atom. The minimum atomic E-state index is -4.82. The Hall–Kier alpha value is -4.03. The van der Waals surface area contributed by atoms with E-state index in [1.165, 1.54) is 0 Å². The van der Waals surface area contributed by atoms with Crippen molar-refractivity contribution in [1.82, 2.24) is 29.7 Å². The van der Waals surface area contributed by atoms with Gasteiger partial charge in [-0.25, -0.2) is 24.3 Å². The Labute approximate surface area is 222 Å². The monoisotopic (exact) mass is 544 g/mol. The Bertz CT molecular complexity index is 1450. The van der Waals surface area contributed by atoms with E-state index in [1.807, 2.05) is 36.7 Å². The summed E-state index contributed by atoms with van der Waals surface area (Å²) >= 11 is 0. The summed E-state index contributed by atoms with van der Waals surface area (Å²) in [5, 5.41) is 9.02. The lowest BCUT2D eigenvalue weighted by Crippen LogP contribution is -2.27. The van der Waals surface area contributed by atoms with Crippen molar-refractivity contribution < 1.29 is 22.3 Å². The molecule has 206 valence electrons. The normalized spacial score (nSPS) is 17.8. The first-order valence-corrected chi connectivity index (χ1v) is 12.7. The van der Waals surface area contributed by atoms with Gasteiger partial charge in [-0.05, 0) is 38.7 Å². The molecule has 0 aromatic carbocycles. The van der Waals surface area contributed by atoms with Gasteiger partial charge < -0.3 is 15.0 Å². The number of anilines is 2. The fourth-order valence-corrected chi connectivity index (χ4v) is 4.77. The van der Waals surface area contributed by atoms with E-state index in [2.05, 4.69) is 25.3 Å². The predicted octanol–water partition coefficient (Wildman–Crippen LogP) is 5.50. The summed E-state index contributed by atoms with van der Waals surface area (Å²) < 4.78 is 61.2. The van der Waals surface area contributed by atoms with Gasteiger partial charge in [0.15, 0.2) is 5.82 Å². The Morgan fingerprint density at radius 1 is 1.05 bits per heavy atom. The fourth-order valence-electron chi connectivity index (χ4n) is 4.77. The SMILES string of the molecule is CCNc1cc2c(cn1)c(-c1cnc(N(C)C)nc1)nn2C1CCC(Oc2nccc(C(F)(F)F)c2F)CC1. The maximum atomic E-state index is 14.4. The summed E-state index contributed by atoms with van der Waals surface area (Å²) in [5.41, 5.74) is 0.969. The average molecular weight is 545 g/mol. The molecule has 0 amide bonds. The molecule has 4 heterocycles. The lowest BCUT2D eigenvalue weighted by atomic mass is 9.93. The molecule has 0 aliphatic heterocycles. The van der Waals surface area contributed by atoms with Crippen LogP contribution in [0.2, 0.25) is 0 Å². The van der Waals surface area contributed by atoms with Gasteiger partial charge in [0.25, 0.3) is 5.88 Å². The van der Waals surface area contributed by atoms with Crippen molar-refractivity contribution in [3.63, 3.8) is 0 Å². The highest BCUT2D eigenvalue weighted by molar-refractivity contribution is 5.93. The fraction of sp³-hybridized carbons (Fsp3) is 0.423. The number of aromatic nitrogens is 6. The number of hydrogen-bond acceptors (Lipinski definition) is 8. The van der Waals surface area contributed by atoms with Crippen LogP contribution in [0.15, 0.2) is 36.9 Å². The summed E-state index contributed by atoms with van der Waals surface area (Å²) in [6, 6.07) is 2.56. The molecule has 0 spiro atoms. The summed E-state index contributed by atoms with van der Waals surface area (Å²) in [4.78, 5) is 18.9. The van der Waals surface area contributed by atoms with Crippen LogP contribution in [0.3, 0.4) is 0 Å². The molecule has 1 aliphatic rings. The summed E-state index contributed by atoms with van der Waals surface area (Å²) in [6.07, 6.45) is 3.15. The van der Waals surface area contributed by atoms with Crippen molar-refractivity contribution in [1.29, 1.82) is 0 Å². The van der Waals surface area contributed by atoms with Gasteiger partial charge in [0.05, 0.1) is 17.1 Å². The van der Waals surface area contributed by atoms with Crippen molar-refractivity contribution in [2.45, 2.75) is 50.9 Å². The Kier molecular flexibility index (Phi) is 7.23. The zero-order valence-electron chi connectivity index (χ0n) is 21.7. The molecule has 4 aromatic heterocycles. The van der Waals surface area contributed by atoms with E-state index in [0.717, 1.165) is 28.5 Å². The first-order valence-electron chi connectivity index (χ1n) is 12.7. The molecule has 0 atom stereocenters. The number of hydrogen-bond donors (Lipinski definition) is 1. The summed E-state index contributed by atoms with van der Waals surface area (Å²) in [5.74, 6) is -0.802. The molecule has 0 bridgehead atoms. The lowest BCUT2D eigenvalue weighted by molar-refractivity contribution is -0.140. The molecule has 13 heteroatoms. The van der Waals surface area contributed by atoms with E-state index >= 15 is 0 Å². The number of fused-ring (bicyclic) bond motifs is 1. The molecular formula is C26H28F4N8O. The van der Waals surface area contributed by atoms with Crippen LogP contribution in [0.1, 0.15) is 44.2 Å². The number of nitrogens with zero attached hydrogens (tertiary/aromatic N) is 7. The van der Waals surface area contributed by atoms with Gasteiger partial charge >= 0.3 is 6.18 Å². The molecular weight excluding hydrogens is 516 g/mol. The molecule has 4 aromatic rings. The highest BCUT2D eigenvalue weighted by atomic mass is 19.4. The number of ether oxygens (including phenoxy) is 1. The molecule has 1 aliphatic carbocycles. The molecule has 39 heavy (non-hydrogen) atoms. The largest absolute Gasteiger partial charge is 0.472 e. The third-order valence-corrected chi connectivity index (χ3v) is 6.69. The maximum Gasteiger partial charge on any atom is 0.419 e. The van der Waals surface area contributed by atoms with Gasteiger partial charge in [-0.1, -0.05) is 0 Å². The highest BCUT2D eigenvalue weighted by Crippen LogP contribution is 2.38. The summed E-state index contributed by atoms with van der Waals surface area (Å²) in [7, 11) is 3.73. The summed E-state index contributed by atoms with van der Waals surface area (Å²) in [6.45, 7) is 2.70. The van der Waals surface area contributed by atoms with Gasteiger partial charge in [-0.15, -0.1) is 0 Å². The number of nitrogens with one attached hydrogen (secondary N) is 1. The zero-order chi connectivity index (χ0) is 27.7. The van der Waals surface area contributed by atoms with Crippen LogP contribution in [0.5, 0.6) is 5.88 Å². The van der Waals surface area contributed by atoms with Gasteiger partial charge in [-0.2, -0.15) is 18.3 Å². The van der Waals surface area contributed by atoms with Gasteiger partial charge in [0.2, 0.25) is 5.95 Å². The van der Waals surface area contributed by atoms with Crippen LogP contribution < -0.4 is 15.0 Å². The quantitative estimate of drug-likeness (QED) is 0.305. The second kappa shape index (κ2) is 10.6. The van der Waals surface area contributed by atoms with E-state index in [-0.39, 0.29) is 6.04 Å². The van der Waals surface area contributed by atoms with Crippen molar-refractivity contribution in [3.8, 4) is 17.1 Å². The molecule has 0 unspecified atom stereocenters. The van der Waals surface area contributed by atoms with Crippen LogP contribution in [0.4, 0.5) is 29.3 Å². The molecule has 1 saturated carbocycles. The van der Waals surface area contributed by atoms with E-state index in [9.17, 15) is 17.6 Å². The first-order chi connectivity index (χ1) is 18.7. The second-order valence-electron chi connectivity index (χ2n) is 9.60. The number of rotatable bonds is 7. The minimum Gasteiger partial charge on any atom is -0.472 e. The van der Waals surface area contributed by atoms with Crippen molar-refractivity contribution in [3.05, 3.63) is 48.3 Å². The first kappa shape index (κ1) is 26.6. The van der Waals surface area contributed by atoms with Crippen LogP contribution in [0, 0.1) is 5.82 Å². The van der Waals surface area contributed by atoms with E-state index < -0.39 is 29.5 Å².